The third kappa shape index (κ3) is 8.51. The van der Waals surface area contributed by atoms with Gasteiger partial charge in [-0.3, -0.25) is 9.78 Å². The molecule has 0 spiro atoms. The summed E-state index contributed by atoms with van der Waals surface area (Å²) in [6.07, 6.45) is -2.45. The summed E-state index contributed by atoms with van der Waals surface area (Å²) in [6.45, 7) is 3.06. The highest BCUT2D eigenvalue weighted by molar-refractivity contribution is 7.85. The number of pyridine rings is 1. The number of carbonyl (C=O) groups is 1. The number of hydrogen-bond donors (Lipinski definition) is 4. The quantitative estimate of drug-likeness (QED) is 0.391. The van der Waals surface area contributed by atoms with E-state index in [0.717, 1.165) is 47.9 Å². The van der Waals surface area contributed by atoms with Gasteiger partial charge < -0.3 is 16.6 Å². The summed E-state index contributed by atoms with van der Waals surface area (Å²) in [5, 5.41) is 14.5. The number of amides is 1. The first kappa shape index (κ1) is 26.9. The third-order valence-corrected chi connectivity index (χ3v) is 6.48. The van der Waals surface area contributed by atoms with Crippen LogP contribution in [-0.2, 0) is 40.6 Å². The molecular weight excluding hydrogens is 460 g/mol. The molecule has 0 aromatic carbocycles. The van der Waals surface area contributed by atoms with E-state index in [9.17, 15) is 26.9 Å². The summed E-state index contributed by atoms with van der Waals surface area (Å²) >= 11 is 0.924. The van der Waals surface area contributed by atoms with Crippen LogP contribution in [0, 0.1) is 5.82 Å². The summed E-state index contributed by atoms with van der Waals surface area (Å²) in [7, 11) is -1.82. The normalized spacial score (nSPS) is 13.9. The van der Waals surface area contributed by atoms with Crippen LogP contribution < -0.4 is 16.6 Å². The first-order valence-electron chi connectivity index (χ1n) is 8.87. The Hall–Kier alpha value is -2.09. The number of rotatable bonds is 3. The van der Waals surface area contributed by atoms with E-state index >= 15 is 0 Å². The predicted molar refractivity (Wildman–Crippen MR) is 111 cm³/mol. The molecule has 1 atom stereocenters. The number of halogens is 4. The lowest BCUT2D eigenvalue weighted by molar-refractivity contribution is -0.127. The number of alkyl halides is 3. The molecule has 3 rings (SSSR count). The van der Waals surface area contributed by atoms with E-state index in [2.05, 4.69) is 10.7 Å². The van der Waals surface area contributed by atoms with Crippen molar-refractivity contribution in [2.75, 3.05) is 5.73 Å². The van der Waals surface area contributed by atoms with Crippen LogP contribution in [0.3, 0.4) is 0 Å². The molecule has 1 aliphatic carbocycles. The van der Waals surface area contributed by atoms with E-state index in [-0.39, 0.29) is 16.3 Å². The van der Waals surface area contributed by atoms with Crippen molar-refractivity contribution >= 4 is 34.4 Å². The van der Waals surface area contributed by atoms with E-state index < -0.39 is 35.0 Å². The van der Waals surface area contributed by atoms with Crippen molar-refractivity contribution in [3.63, 3.8) is 0 Å². The van der Waals surface area contributed by atoms with Crippen LogP contribution in [0.1, 0.15) is 42.1 Å². The minimum absolute atomic E-state index is 0.0284. The van der Waals surface area contributed by atoms with Gasteiger partial charge in [0, 0.05) is 16.3 Å². The molecule has 2 aromatic rings. The zero-order chi connectivity index (χ0) is 24.0. The molecule has 13 heteroatoms. The Balaban J connectivity index is 0.000000278. The first-order valence-corrected chi connectivity index (χ1v) is 10.9. The van der Waals surface area contributed by atoms with Crippen LogP contribution in [0.5, 0.6) is 0 Å². The van der Waals surface area contributed by atoms with Crippen LogP contribution in [0.4, 0.5) is 23.2 Å². The lowest BCUT2D eigenvalue weighted by Crippen LogP contribution is -2.14. The zero-order valence-corrected chi connectivity index (χ0v) is 18.5. The Morgan fingerprint density at radius 3 is 2.29 bits per heavy atom. The van der Waals surface area contributed by atoms with Crippen molar-refractivity contribution in [1.82, 2.24) is 4.98 Å². The van der Waals surface area contributed by atoms with Crippen molar-refractivity contribution in [2.45, 2.75) is 55.5 Å². The highest BCUT2D eigenvalue weighted by Crippen LogP contribution is 2.31. The predicted octanol–water partition coefficient (Wildman–Crippen LogP) is 2.45. The van der Waals surface area contributed by atoms with Gasteiger partial charge in [-0.25, -0.2) is 13.7 Å². The third-order valence-electron chi connectivity index (χ3n) is 3.96. The van der Waals surface area contributed by atoms with Gasteiger partial charge in [0.25, 0.3) is 0 Å². The van der Waals surface area contributed by atoms with Gasteiger partial charge in [-0.1, -0.05) is 0 Å². The second kappa shape index (κ2) is 11.0. The number of nitrogens with zero attached hydrogens (tertiary/aromatic N) is 1. The minimum Gasteiger partial charge on any atom is -0.398 e. The van der Waals surface area contributed by atoms with Crippen molar-refractivity contribution < 1.29 is 31.7 Å². The molecule has 0 saturated carbocycles. The maximum Gasteiger partial charge on any atom is 0.394 e. The number of aryl methyl sites for hydroxylation is 1. The number of hydrogen-bond acceptors (Lipinski definition) is 6. The summed E-state index contributed by atoms with van der Waals surface area (Å²) in [5.74, 6) is -0.622. The summed E-state index contributed by atoms with van der Waals surface area (Å²) in [6, 6.07) is 2.50. The maximum absolute atomic E-state index is 13.0. The molecule has 0 radical (unpaired) electrons. The fourth-order valence-corrected chi connectivity index (χ4v) is 4.34. The second-order valence-corrected chi connectivity index (χ2v) is 9.33. The number of anilines is 1. The molecule has 2 heterocycles. The number of aromatic nitrogens is 1. The van der Waals surface area contributed by atoms with Crippen molar-refractivity contribution in [3.8, 4) is 0 Å². The van der Waals surface area contributed by atoms with Crippen molar-refractivity contribution in [3.05, 3.63) is 39.8 Å². The summed E-state index contributed by atoms with van der Waals surface area (Å²) in [4.78, 5) is 13.0. The molecule has 31 heavy (non-hydrogen) atoms. The average molecular weight is 485 g/mol. The summed E-state index contributed by atoms with van der Waals surface area (Å²) in [5.41, 5.74) is 10.9. The average Bonchev–Trinajstić information content (AvgIpc) is 3.21. The van der Waals surface area contributed by atoms with E-state index in [1.54, 1.807) is 0 Å². The fourth-order valence-electron chi connectivity index (χ4n) is 2.72. The van der Waals surface area contributed by atoms with Gasteiger partial charge in [0.1, 0.15) is 15.2 Å². The van der Waals surface area contributed by atoms with Crippen LogP contribution in [0.15, 0.2) is 16.3 Å². The number of nitrogens with two attached hydrogens (primary N) is 3. The Morgan fingerprint density at radius 1 is 1.29 bits per heavy atom. The smallest absolute Gasteiger partial charge is 0.394 e. The number of fused-ring (bicyclic) bond motifs is 1. The van der Waals surface area contributed by atoms with Crippen molar-refractivity contribution in [1.29, 1.82) is 0 Å². The minimum atomic E-state index is -4.22. The van der Waals surface area contributed by atoms with E-state index in [1.165, 1.54) is 19.9 Å². The van der Waals surface area contributed by atoms with Gasteiger partial charge in [0.05, 0.1) is 17.7 Å². The lowest BCUT2D eigenvalue weighted by Gasteiger charge is -2.13. The molecule has 0 saturated heterocycles. The molecule has 0 fully saturated rings. The maximum atomic E-state index is 13.0. The Labute approximate surface area is 183 Å². The highest BCUT2D eigenvalue weighted by atomic mass is 32.2. The number of primary amides is 1. The van der Waals surface area contributed by atoms with Crippen LogP contribution in [0.2, 0.25) is 0 Å². The van der Waals surface area contributed by atoms with Crippen molar-refractivity contribution in [2.24, 2.45) is 10.9 Å². The number of nitrogen functional groups attached to an aromatic ring is 1. The fraction of sp³-hybridized carbons (Fsp3) is 0.444. The molecular formula is C18H24F4N4O3S2. The van der Waals surface area contributed by atoms with Crippen LogP contribution >= 0.6 is 11.3 Å². The molecule has 7 N–H and O–H groups in total. The van der Waals surface area contributed by atoms with E-state index in [4.69, 9.17) is 15.7 Å². The van der Waals surface area contributed by atoms with Gasteiger partial charge in [0.15, 0.2) is 5.82 Å². The van der Waals surface area contributed by atoms with Gasteiger partial charge in [-0.2, -0.15) is 13.2 Å². The Bertz CT molecular complexity index is 928. The number of aliphatic hydroxyl groups is 1. The Morgan fingerprint density at radius 2 is 1.87 bits per heavy atom. The van der Waals surface area contributed by atoms with Crippen LogP contribution in [-0.4, -0.2) is 26.9 Å². The second-order valence-electron chi connectivity index (χ2n) is 7.01. The van der Waals surface area contributed by atoms with Gasteiger partial charge >= 0.3 is 6.18 Å². The first-order chi connectivity index (χ1) is 14.2. The molecule has 174 valence electrons. The molecule has 7 nitrogen and oxygen atoms in total. The molecule has 0 aliphatic heterocycles. The topological polar surface area (TPSA) is 145 Å². The van der Waals surface area contributed by atoms with E-state index in [0.29, 0.717) is 10.6 Å². The number of carbonyl (C=O) groups excluding carboxylic acids is 1. The monoisotopic (exact) mass is 484 g/mol. The molecule has 1 aliphatic rings. The standard InChI is InChI=1S/C10H11F3N2.C7H10FNO2S2.CH3NO/c11-10(12,13)5-6-4-8(14)7-2-1-3-9(7)15-6;1-7(2,10)5-3-4(8)6(12-5)13(9)11;2-1-3/h4H,1-3,5H2,(H2,14,15);3,10H,9H2,1-2H3;1H,(H2,2,3). The van der Waals surface area contributed by atoms with Gasteiger partial charge in [-0.15, -0.1) is 11.3 Å². The van der Waals surface area contributed by atoms with Gasteiger partial charge in [-0.05, 0) is 50.8 Å². The van der Waals surface area contributed by atoms with Crippen LogP contribution in [0.25, 0.3) is 0 Å². The molecule has 2 aromatic heterocycles. The zero-order valence-electron chi connectivity index (χ0n) is 16.8. The molecule has 1 amide bonds. The Kier molecular flexibility index (Phi) is 9.54. The molecule has 1 unspecified atom stereocenters. The largest absolute Gasteiger partial charge is 0.398 e. The van der Waals surface area contributed by atoms with Gasteiger partial charge in [0.2, 0.25) is 6.41 Å². The summed E-state index contributed by atoms with van der Waals surface area (Å²) < 4.78 is 60.2. The highest BCUT2D eigenvalue weighted by Gasteiger charge is 2.29. The van der Waals surface area contributed by atoms with E-state index in [1.807, 2.05) is 0 Å². The SMILES string of the molecule is CC(C)(O)c1cc(F)c(S(N)=O)s1.NC=O.Nc1cc(CC(F)(F)F)nc2c1CCC2. The molecule has 0 bridgehead atoms. The lowest BCUT2D eigenvalue weighted by atomic mass is 10.1. The number of thiophene rings is 1.